The molecule has 1 heterocycles. The fraction of sp³-hybridized carbons (Fsp3) is 0.619. The molecule has 0 aliphatic heterocycles. The number of rotatable bonds is 14. The van der Waals surface area contributed by atoms with E-state index in [1.54, 1.807) is 12.1 Å². The van der Waals surface area contributed by atoms with E-state index >= 15 is 0 Å². The Kier molecular flexibility index (Phi) is 10.0. The summed E-state index contributed by atoms with van der Waals surface area (Å²) in [4.78, 5) is 0.0863. The smallest absolute Gasteiger partial charge is 0.238 e. The maximum Gasteiger partial charge on any atom is 0.238 e. The zero-order chi connectivity index (χ0) is 21.1. The van der Waals surface area contributed by atoms with Gasteiger partial charge in [0, 0.05) is 12.1 Å². The van der Waals surface area contributed by atoms with Crippen molar-refractivity contribution < 1.29 is 8.42 Å². The molecule has 0 saturated carbocycles. The lowest BCUT2D eigenvalue weighted by Crippen LogP contribution is -2.12. The van der Waals surface area contributed by atoms with Gasteiger partial charge in [0.05, 0.1) is 4.90 Å². The minimum Gasteiger partial charge on any atom is -0.272 e. The average Bonchev–Trinajstić information content (AvgIpc) is 3.06. The standard InChI is InChI=1S/C21H34N4O2S2/c1-2-3-4-5-6-7-8-9-10-11-12-13-20-23-24-21(28)25(20)18-14-16-19(17-15-18)29(22,26)27/h14-17H,2-13H2,1H3,(H,24,28)(H2,22,26,27). The summed E-state index contributed by atoms with van der Waals surface area (Å²) in [6.45, 7) is 2.25. The van der Waals surface area contributed by atoms with Gasteiger partial charge in [-0.05, 0) is 42.9 Å². The number of nitrogens with two attached hydrogens (primary N) is 1. The number of sulfonamides is 1. The van der Waals surface area contributed by atoms with E-state index in [1.165, 1.54) is 76.3 Å². The molecule has 0 saturated heterocycles. The summed E-state index contributed by atoms with van der Waals surface area (Å²) in [6.07, 6.45) is 15.1. The summed E-state index contributed by atoms with van der Waals surface area (Å²) in [7, 11) is -3.70. The van der Waals surface area contributed by atoms with Gasteiger partial charge in [0.2, 0.25) is 10.0 Å². The highest BCUT2D eigenvalue weighted by Gasteiger charge is 2.11. The Labute approximate surface area is 180 Å². The molecule has 162 valence electrons. The van der Waals surface area contributed by atoms with Gasteiger partial charge in [0.25, 0.3) is 0 Å². The molecule has 0 fully saturated rings. The van der Waals surface area contributed by atoms with Crippen molar-refractivity contribution >= 4 is 22.2 Å². The van der Waals surface area contributed by atoms with Crippen molar-refractivity contribution in [2.75, 3.05) is 0 Å². The number of benzene rings is 1. The fourth-order valence-corrected chi connectivity index (χ4v) is 4.27. The van der Waals surface area contributed by atoms with Crippen LogP contribution < -0.4 is 5.14 Å². The SMILES string of the molecule is CCCCCCCCCCCCCc1n[nH]c(=S)n1-c1ccc(S(N)(=O)=O)cc1. The molecule has 29 heavy (non-hydrogen) atoms. The van der Waals surface area contributed by atoms with E-state index in [1.807, 2.05) is 4.57 Å². The molecule has 3 N–H and O–H groups in total. The van der Waals surface area contributed by atoms with Crippen molar-refractivity contribution in [3.8, 4) is 5.69 Å². The third-order valence-electron chi connectivity index (χ3n) is 5.17. The van der Waals surface area contributed by atoms with Gasteiger partial charge in [0.15, 0.2) is 4.77 Å². The van der Waals surface area contributed by atoms with Gasteiger partial charge in [-0.1, -0.05) is 71.1 Å². The Hall–Kier alpha value is -1.51. The van der Waals surface area contributed by atoms with Gasteiger partial charge < -0.3 is 0 Å². The van der Waals surface area contributed by atoms with Crippen molar-refractivity contribution in [2.45, 2.75) is 88.9 Å². The zero-order valence-corrected chi connectivity index (χ0v) is 19.0. The van der Waals surface area contributed by atoms with Crippen LogP contribution in [-0.2, 0) is 16.4 Å². The molecule has 8 heteroatoms. The molecular formula is C21H34N4O2S2. The second-order valence-corrected chi connectivity index (χ2v) is 9.55. The summed E-state index contributed by atoms with van der Waals surface area (Å²) in [6, 6.07) is 6.39. The molecule has 0 spiro atoms. The minimum absolute atomic E-state index is 0.0863. The molecule has 0 amide bonds. The summed E-state index contributed by atoms with van der Waals surface area (Å²) in [5, 5.41) is 12.4. The molecule has 2 aromatic rings. The largest absolute Gasteiger partial charge is 0.272 e. The number of primary sulfonamides is 1. The molecule has 1 aromatic heterocycles. The topological polar surface area (TPSA) is 93.8 Å². The first-order valence-electron chi connectivity index (χ1n) is 10.7. The fourth-order valence-electron chi connectivity index (χ4n) is 3.50. The summed E-state index contributed by atoms with van der Waals surface area (Å²) in [5.41, 5.74) is 0.786. The van der Waals surface area contributed by atoms with Crippen LogP contribution in [0.4, 0.5) is 0 Å². The number of aromatic nitrogens is 3. The third-order valence-corrected chi connectivity index (χ3v) is 6.37. The number of aromatic amines is 1. The van der Waals surface area contributed by atoms with Crippen LogP contribution in [0.15, 0.2) is 29.2 Å². The van der Waals surface area contributed by atoms with Crippen LogP contribution in [0.2, 0.25) is 0 Å². The van der Waals surface area contributed by atoms with Crippen molar-refractivity contribution in [2.24, 2.45) is 5.14 Å². The highest BCUT2D eigenvalue weighted by Crippen LogP contribution is 2.17. The van der Waals surface area contributed by atoms with Crippen LogP contribution in [0, 0.1) is 4.77 Å². The molecule has 0 radical (unpaired) electrons. The highest BCUT2D eigenvalue weighted by molar-refractivity contribution is 7.89. The summed E-state index contributed by atoms with van der Waals surface area (Å²) >= 11 is 5.35. The first-order valence-corrected chi connectivity index (χ1v) is 12.7. The van der Waals surface area contributed by atoms with Crippen LogP contribution in [0.3, 0.4) is 0 Å². The zero-order valence-electron chi connectivity index (χ0n) is 17.4. The lowest BCUT2D eigenvalue weighted by Gasteiger charge is -2.08. The molecule has 0 bridgehead atoms. The predicted octanol–water partition coefficient (Wildman–Crippen LogP) is 5.43. The predicted molar refractivity (Wildman–Crippen MR) is 120 cm³/mol. The van der Waals surface area contributed by atoms with E-state index in [0.717, 1.165) is 24.4 Å². The molecule has 0 atom stereocenters. The molecule has 0 aliphatic rings. The maximum absolute atomic E-state index is 11.4. The molecule has 0 aliphatic carbocycles. The molecule has 1 aromatic carbocycles. The Morgan fingerprint density at radius 1 is 0.931 bits per heavy atom. The molecular weight excluding hydrogens is 404 g/mol. The first-order chi connectivity index (χ1) is 13.9. The second-order valence-electron chi connectivity index (χ2n) is 7.60. The van der Waals surface area contributed by atoms with Crippen molar-refractivity contribution in [1.29, 1.82) is 0 Å². The summed E-state index contributed by atoms with van der Waals surface area (Å²) < 4.78 is 25.2. The van der Waals surface area contributed by atoms with Gasteiger partial charge in [-0.3, -0.25) is 9.67 Å². The number of H-pyrrole nitrogens is 1. The first kappa shape index (κ1) is 23.8. The molecule has 0 unspecified atom stereocenters. The Morgan fingerprint density at radius 2 is 1.45 bits per heavy atom. The third kappa shape index (κ3) is 8.03. The van der Waals surface area contributed by atoms with Crippen LogP contribution in [0.1, 0.15) is 83.4 Å². The van der Waals surface area contributed by atoms with E-state index in [9.17, 15) is 8.42 Å². The monoisotopic (exact) mass is 438 g/mol. The second kappa shape index (κ2) is 12.2. The number of nitrogens with zero attached hydrogens (tertiary/aromatic N) is 2. The Bertz CT molecular complexity index is 886. The van der Waals surface area contributed by atoms with Crippen LogP contribution in [0.5, 0.6) is 0 Å². The highest BCUT2D eigenvalue weighted by atomic mass is 32.2. The lowest BCUT2D eigenvalue weighted by molar-refractivity contribution is 0.547. The van der Waals surface area contributed by atoms with E-state index in [4.69, 9.17) is 17.4 Å². The van der Waals surface area contributed by atoms with E-state index in [-0.39, 0.29) is 4.90 Å². The summed E-state index contributed by atoms with van der Waals surface area (Å²) in [5.74, 6) is 0.870. The van der Waals surface area contributed by atoms with Crippen LogP contribution in [0.25, 0.3) is 5.69 Å². The Balaban J connectivity index is 1.75. The van der Waals surface area contributed by atoms with Gasteiger partial charge in [-0.2, -0.15) is 5.10 Å². The van der Waals surface area contributed by atoms with Gasteiger partial charge in [0.1, 0.15) is 5.82 Å². The van der Waals surface area contributed by atoms with E-state index in [0.29, 0.717) is 4.77 Å². The van der Waals surface area contributed by atoms with Crippen molar-refractivity contribution in [3.05, 3.63) is 34.9 Å². The quantitative estimate of drug-likeness (QED) is 0.304. The maximum atomic E-state index is 11.4. The van der Waals surface area contributed by atoms with Gasteiger partial charge in [-0.15, -0.1) is 0 Å². The normalized spacial score (nSPS) is 11.8. The number of unbranched alkanes of at least 4 members (excludes halogenated alkanes) is 10. The van der Waals surface area contributed by atoms with Crippen molar-refractivity contribution in [1.82, 2.24) is 14.8 Å². The molecule has 6 nitrogen and oxygen atoms in total. The van der Waals surface area contributed by atoms with E-state index in [2.05, 4.69) is 17.1 Å². The van der Waals surface area contributed by atoms with Gasteiger partial charge in [-0.25, -0.2) is 13.6 Å². The Morgan fingerprint density at radius 3 is 1.97 bits per heavy atom. The number of hydrogen-bond acceptors (Lipinski definition) is 4. The lowest BCUT2D eigenvalue weighted by atomic mass is 10.1. The number of hydrogen-bond donors (Lipinski definition) is 2. The number of nitrogens with one attached hydrogen (secondary N) is 1. The van der Waals surface area contributed by atoms with Crippen LogP contribution >= 0.6 is 12.2 Å². The van der Waals surface area contributed by atoms with Crippen molar-refractivity contribution in [3.63, 3.8) is 0 Å². The van der Waals surface area contributed by atoms with Crippen LogP contribution in [-0.4, -0.2) is 23.2 Å². The van der Waals surface area contributed by atoms with E-state index < -0.39 is 10.0 Å². The van der Waals surface area contributed by atoms with Gasteiger partial charge >= 0.3 is 0 Å². The molecule has 2 rings (SSSR count). The number of aryl methyl sites for hydroxylation is 1. The minimum atomic E-state index is -3.70. The average molecular weight is 439 g/mol.